The molecule has 0 unspecified atom stereocenters. The van der Waals surface area contributed by atoms with Gasteiger partial charge in [0.05, 0.1) is 7.11 Å². The lowest BCUT2D eigenvalue weighted by atomic mass is 10.1. The normalized spacial score (nSPS) is 12.0. The molecule has 0 amide bonds. The molecule has 0 aliphatic rings. The summed E-state index contributed by atoms with van der Waals surface area (Å²) in [5.74, 6) is 0.105. The van der Waals surface area contributed by atoms with Gasteiger partial charge in [-0.25, -0.2) is 0 Å². The zero-order valence-corrected chi connectivity index (χ0v) is 15.8. The van der Waals surface area contributed by atoms with E-state index < -0.39 is 10.1 Å². The highest BCUT2D eigenvalue weighted by molar-refractivity contribution is 7.85. The van der Waals surface area contributed by atoms with Crippen LogP contribution in [0.4, 0.5) is 11.4 Å². The minimum Gasteiger partial charge on any atom is -0.506 e. The van der Waals surface area contributed by atoms with Crippen LogP contribution in [0.5, 0.6) is 11.5 Å². The van der Waals surface area contributed by atoms with Gasteiger partial charge < -0.3 is 9.84 Å². The van der Waals surface area contributed by atoms with Gasteiger partial charge >= 0.3 is 0 Å². The number of ether oxygens (including phenoxy) is 1. The van der Waals surface area contributed by atoms with E-state index in [4.69, 9.17) is 4.74 Å². The Hall–Kier alpha value is -2.97. The van der Waals surface area contributed by atoms with Crippen molar-refractivity contribution >= 4 is 32.3 Å². The smallest absolute Gasteiger partial charge is 0.294 e. The van der Waals surface area contributed by atoms with Gasteiger partial charge in [-0.3, -0.25) is 4.55 Å². The maximum Gasteiger partial charge on any atom is 0.294 e. The number of hydrogen-bond donors (Lipinski definition) is 2. The topological polar surface area (TPSA) is 109 Å². The summed E-state index contributed by atoms with van der Waals surface area (Å²) in [7, 11) is -3.03. The van der Waals surface area contributed by atoms with E-state index in [1.54, 1.807) is 12.1 Å². The highest BCUT2D eigenvalue weighted by atomic mass is 32.2. The number of benzene rings is 3. The second-order valence-corrected chi connectivity index (χ2v) is 7.51. The first kappa shape index (κ1) is 18.8. The number of fused-ring (bicyclic) bond motifs is 1. The van der Waals surface area contributed by atoms with Crippen LogP contribution in [-0.2, 0) is 10.1 Å². The van der Waals surface area contributed by atoms with Gasteiger partial charge in [-0.15, -0.1) is 10.2 Å². The molecule has 0 radical (unpaired) electrons. The van der Waals surface area contributed by atoms with E-state index in [0.717, 1.165) is 16.3 Å². The Bertz CT molecular complexity index is 1170. The molecule has 0 aliphatic carbocycles. The van der Waals surface area contributed by atoms with Crippen LogP contribution in [-0.4, -0.2) is 25.2 Å². The van der Waals surface area contributed by atoms with Gasteiger partial charge in [-0.2, -0.15) is 8.42 Å². The van der Waals surface area contributed by atoms with Crippen molar-refractivity contribution in [2.75, 3.05) is 7.11 Å². The molecule has 3 aromatic rings. The SMILES string of the molecule is COc1cc(S(=O)(=O)O)c(C)cc1/N=N/c1c(O)ccc2cc(C)ccc12. The molecular formula is C19H18N2O5S. The summed E-state index contributed by atoms with van der Waals surface area (Å²) in [6.07, 6.45) is 0. The molecule has 3 aromatic carbocycles. The molecule has 0 fully saturated rings. The standard InChI is InChI=1S/C19H18N2O5S/c1-11-4-6-14-13(8-11)5-7-16(22)19(14)21-20-15-9-12(2)18(27(23,24)25)10-17(15)26-3/h4-10,22H,1-3H3,(H,23,24,25)/b21-20+. The fourth-order valence-corrected chi connectivity index (χ4v) is 3.53. The molecule has 0 saturated carbocycles. The largest absolute Gasteiger partial charge is 0.506 e. The second-order valence-electron chi connectivity index (χ2n) is 6.12. The Morgan fingerprint density at radius 2 is 1.74 bits per heavy atom. The first-order valence-corrected chi connectivity index (χ1v) is 9.45. The van der Waals surface area contributed by atoms with Crippen LogP contribution < -0.4 is 4.74 Å². The zero-order chi connectivity index (χ0) is 19.8. The molecule has 3 rings (SSSR count). The fraction of sp³-hybridized carbons (Fsp3) is 0.158. The van der Waals surface area contributed by atoms with Gasteiger partial charge in [-0.05, 0) is 36.9 Å². The van der Waals surface area contributed by atoms with Crippen molar-refractivity contribution in [3.8, 4) is 11.5 Å². The van der Waals surface area contributed by atoms with Gasteiger partial charge in [0, 0.05) is 11.5 Å². The van der Waals surface area contributed by atoms with Crippen molar-refractivity contribution in [2.24, 2.45) is 10.2 Å². The Kier molecular flexibility index (Phi) is 4.86. The summed E-state index contributed by atoms with van der Waals surface area (Å²) in [6, 6.07) is 11.7. The number of nitrogens with zero attached hydrogens (tertiary/aromatic N) is 2. The Morgan fingerprint density at radius 3 is 2.41 bits per heavy atom. The van der Waals surface area contributed by atoms with Gasteiger partial charge in [0.25, 0.3) is 10.1 Å². The quantitative estimate of drug-likeness (QED) is 0.493. The van der Waals surface area contributed by atoms with Gasteiger partial charge in [0.1, 0.15) is 27.8 Å². The number of hydrogen-bond acceptors (Lipinski definition) is 6. The van der Waals surface area contributed by atoms with Gasteiger partial charge in [0.2, 0.25) is 0 Å². The molecule has 27 heavy (non-hydrogen) atoms. The van der Waals surface area contributed by atoms with Crippen molar-refractivity contribution in [1.82, 2.24) is 0 Å². The number of aryl methyl sites for hydroxylation is 2. The number of phenolic OH excluding ortho intramolecular Hbond substituents is 1. The lowest BCUT2D eigenvalue weighted by molar-refractivity contribution is 0.413. The number of rotatable bonds is 4. The monoisotopic (exact) mass is 386 g/mol. The molecule has 0 aliphatic heterocycles. The van der Waals surface area contributed by atoms with Crippen molar-refractivity contribution < 1.29 is 22.8 Å². The number of methoxy groups -OCH3 is 1. The van der Waals surface area contributed by atoms with E-state index in [-0.39, 0.29) is 22.1 Å². The van der Waals surface area contributed by atoms with Crippen molar-refractivity contribution in [2.45, 2.75) is 18.7 Å². The van der Waals surface area contributed by atoms with E-state index in [0.29, 0.717) is 11.3 Å². The maximum atomic E-state index is 11.4. The second kappa shape index (κ2) is 6.98. The van der Waals surface area contributed by atoms with Crippen LogP contribution in [0.25, 0.3) is 10.8 Å². The van der Waals surface area contributed by atoms with Crippen LogP contribution in [0.3, 0.4) is 0 Å². The van der Waals surface area contributed by atoms with Gasteiger partial charge in [-0.1, -0.05) is 29.8 Å². The number of azo groups is 1. The summed E-state index contributed by atoms with van der Waals surface area (Å²) < 4.78 is 37.3. The Labute approximate surface area is 156 Å². The summed E-state index contributed by atoms with van der Waals surface area (Å²) in [5.41, 5.74) is 1.94. The molecule has 8 heteroatoms. The highest BCUT2D eigenvalue weighted by Gasteiger charge is 2.17. The molecule has 140 valence electrons. The summed E-state index contributed by atoms with van der Waals surface area (Å²) in [5, 5.41) is 20.1. The third-order valence-corrected chi connectivity index (χ3v) is 5.13. The van der Waals surface area contributed by atoms with Crippen LogP contribution in [0.1, 0.15) is 11.1 Å². The number of aromatic hydroxyl groups is 1. The van der Waals surface area contributed by atoms with E-state index in [1.807, 2.05) is 25.1 Å². The van der Waals surface area contributed by atoms with Crippen molar-refractivity contribution in [3.05, 3.63) is 53.6 Å². The molecule has 0 aromatic heterocycles. The Balaban J connectivity index is 2.13. The molecule has 7 nitrogen and oxygen atoms in total. The molecule has 0 bridgehead atoms. The van der Waals surface area contributed by atoms with E-state index in [2.05, 4.69) is 10.2 Å². The summed E-state index contributed by atoms with van der Waals surface area (Å²) in [4.78, 5) is -0.262. The van der Waals surface area contributed by atoms with Crippen molar-refractivity contribution in [1.29, 1.82) is 0 Å². The number of phenols is 1. The molecular weight excluding hydrogens is 368 g/mol. The molecule has 0 spiro atoms. The minimum atomic E-state index is -4.38. The predicted molar refractivity (Wildman–Crippen MR) is 102 cm³/mol. The average molecular weight is 386 g/mol. The Morgan fingerprint density at radius 1 is 1.00 bits per heavy atom. The predicted octanol–water partition coefficient (Wildman–Crippen LogP) is 4.83. The van der Waals surface area contributed by atoms with E-state index in [1.165, 1.54) is 26.2 Å². The average Bonchev–Trinajstić information content (AvgIpc) is 2.60. The third kappa shape index (κ3) is 3.76. The fourth-order valence-electron chi connectivity index (χ4n) is 2.80. The first-order chi connectivity index (χ1) is 12.7. The summed E-state index contributed by atoms with van der Waals surface area (Å²) in [6.45, 7) is 3.50. The molecule has 0 saturated heterocycles. The summed E-state index contributed by atoms with van der Waals surface area (Å²) >= 11 is 0. The van der Waals surface area contributed by atoms with Crippen LogP contribution >= 0.6 is 0 Å². The first-order valence-electron chi connectivity index (χ1n) is 8.01. The highest BCUT2D eigenvalue weighted by Crippen LogP contribution is 2.38. The minimum absolute atomic E-state index is 0.0275. The molecule has 2 N–H and O–H groups in total. The zero-order valence-electron chi connectivity index (χ0n) is 15.0. The lowest BCUT2D eigenvalue weighted by Crippen LogP contribution is -2.01. The molecule has 0 heterocycles. The van der Waals surface area contributed by atoms with Crippen LogP contribution in [0, 0.1) is 13.8 Å². The van der Waals surface area contributed by atoms with Crippen molar-refractivity contribution in [3.63, 3.8) is 0 Å². The third-order valence-electron chi connectivity index (χ3n) is 4.14. The maximum absolute atomic E-state index is 11.4. The van der Waals surface area contributed by atoms with Gasteiger partial charge in [0.15, 0.2) is 0 Å². The van der Waals surface area contributed by atoms with E-state index in [9.17, 15) is 18.1 Å². The van der Waals surface area contributed by atoms with E-state index >= 15 is 0 Å². The van der Waals surface area contributed by atoms with Crippen LogP contribution in [0.15, 0.2) is 57.6 Å². The molecule has 0 atom stereocenters. The van der Waals surface area contributed by atoms with Crippen LogP contribution in [0.2, 0.25) is 0 Å². The lowest BCUT2D eigenvalue weighted by Gasteiger charge is -2.09.